The molecule has 2 fully saturated rings. The molecule has 4 heterocycles. The Morgan fingerprint density at radius 3 is 2.59 bits per heavy atom. The van der Waals surface area contributed by atoms with Crippen molar-refractivity contribution in [2.24, 2.45) is 5.92 Å². The molecule has 0 aromatic carbocycles. The van der Waals surface area contributed by atoms with Gasteiger partial charge in [-0.2, -0.15) is 0 Å². The van der Waals surface area contributed by atoms with Gasteiger partial charge in [0.25, 0.3) is 0 Å². The van der Waals surface area contributed by atoms with Crippen LogP contribution in [0.15, 0.2) is 36.1 Å². The lowest BCUT2D eigenvalue weighted by molar-refractivity contribution is -0.117. The van der Waals surface area contributed by atoms with Gasteiger partial charge in [0.2, 0.25) is 5.91 Å². The maximum atomic E-state index is 11.8. The molecule has 3 aromatic heterocycles. The zero-order chi connectivity index (χ0) is 18.2. The van der Waals surface area contributed by atoms with Gasteiger partial charge in [-0.3, -0.25) is 4.79 Å². The van der Waals surface area contributed by atoms with Crippen LogP contribution in [0.5, 0.6) is 0 Å². The van der Waals surface area contributed by atoms with E-state index < -0.39 is 0 Å². The summed E-state index contributed by atoms with van der Waals surface area (Å²) in [4.78, 5) is 29.7. The molecule has 8 heteroatoms. The van der Waals surface area contributed by atoms with Crippen LogP contribution < -0.4 is 15.1 Å². The van der Waals surface area contributed by atoms with E-state index in [0.717, 1.165) is 60.7 Å². The SMILES string of the molecule is O=C(Nc1ccc(N2CCN(c3ncnc4ccsc34)CC2)cn1)C1CC1. The number of nitrogens with zero attached hydrogens (tertiary/aromatic N) is 5. The van der Waals surface area contributed by atoms with Gasteiger partial charge in [-0.05, 0) is 36.4 Å². The number of aromatic nitrogens is 3. The first kappa shape index (κ1) is 16.4. The van der Waals surface area contributed by atoms with Crippen molar-refractivity contribution in [2.75, 3.05) is 41.3 Å². The van der Waals surface area contributed by atoms with Gasteiger partial charge in [0.15, 0.2) is 0 Å². The second-order valence-corrected chi connectivity index (χ2v) is 7.89. The number of piperazine rings is 1. The molecule has 1 saturated heterocycles. The van der Waals surface area contributed by atoms with Crippen LogP contribution in [0.3, 0.4) is 0 Å². The highest BCUT2D eigenvalue weighted by Crippen LogP contribution is 2.31. The van der Waals surface area contributed by atoms with Crippen molar-refractivity contribution in [1.29, 1.82) is 0 Å². The number of thiophene rings is 1. The summed E-state index contributed by atoms with van der Waals surface area (Å²) < 4.78 is 1.16. The van der Waals surface area contributed by atoms with E-state index in [0.29, 0.717) is 5.82 Å². The van der Waals surface area contributed by atoms with E-state index in [1.54, 1.807) is 17.7 Å². The highest BCUT2D eigenvalue weighted by molar-refractivity contribution is 7.17. The number of fused-ring (bicyclic) bond motifs is 1. The molecular weight excluding hydrogens is 360 g/mol. The maximum absolute atomic E-state index is 11.8. The Morgan fingerprint density at radius 2 is 1.85 bits per heavy atom. The Labute approximate surface area is 161 Å². The first-order valence-electron chi connectivity index (χ1n) is 9.23. The van der Waals surface area contributed by atoms with Crippen molar-refractivity contribution in [3.8, 4) is 0 Å². The molecule has 0 bridgehead atoms. The Balaban J connectivity index is 1.23. The van der Waals surface area contributed by atoms with Gasteiger partial charge in [-0.1, -0.05) is 0 Å². The van der Waals surface area contributed by atoms with Gasteiger partial charge in [0.1, 0.15) is 18.0 Å². The van der Waals surface area contributed by atoms with Gasteiger partial charge in [-0.25, -0.2) is 15.0 Å². The van der Waals surface area contributed by atoms with Crippen LogP contribution in [-0.2, 0) is 4.79 Å². The van der Waals surface area contributed by atoms with Gasteiger partial charge in [0, 0.05) is 32.1 Å². The Kier molecular flexibility index (Phi) is 4.12. The largest absolute Gasteiger partial charge is 0.367 e. The second-order valence-electron chi connectivity index (χ2n) is 6.97. The van der Waals surface area contributed by atoms with E-state index in [1.807, 2.05) is 24.4 Å². The molecule has 1 aliphatic heterocycles. The van der Waals surface area contributed by atoms with E-state index in [-0.39, 0.29) is 11.8 Å². The summed E-state index contributed by atoms with van der Waals surface area (Å²) in [6.07, 6.45) is 5.49. The van der Waals surface area contributed by atoms with E-state index in [2.05, 4.69) is 35.4 Å². The fourth-order valence-corrected chi connectivity index (χ4v) is 4.26. The molecule has 0 spiro atoms. The number of pyridine rings is 1. The maximum Gasteiger partial charge on any atom is 0.228 e. The zero-order valence-corrected chi connectivity index (χ0v) is 15.7. The fraction of sp³-hybridized carbons (Fsp3) is 0.368. The molecule has 27 heavy (non-hydrogen) atoms. The molecular formula is C19H20N6OS. The molecule has 1 amide bonds. The third-order valence-electron chi connectivity index (χ3n) is 5.12. The number of carbonyl (C=O) groups excluding carboxylic acids is 1. The van der Waals surface area contributed by atoms with Crippen LogP contribution in [-0.4, -0.2) is 47.0 Å². The minimum atomic E-state index is 0.0913. The van der Waals surface area contributed by atoms with Crippen LogP contribution in [0.2, 0.25) is 0 Å². The molecule has 1 aliphatic carbocycles. The first-order chi connectivity index (χ1) is 13.3. The second kappa shape index (κ2) is 6.77. The molecule has 5 rings (SSSR count). The number of hydrogen-bond donors (Lipinski definition) is 1. The predicted molar refractivity (Wildman–Crippen MR) is 107 cm³/mol. The molecule has 0 atom stereocenters. The summed E-state index contributed by atoms with van der Waals surface area (Å²) in [5, 5.41) is 4.95. The summed E-state index contributed by atoms with van der Waals surface area (Å²) in [6, 6.07) is 5.96. The third-order valence-corrected chi connectivity index (χ3v) is 6.02. The van der Waals surface area contributed by atoms with Crippen molar-refractivity contribution in [3.63, 3.8) is 0 Å². The van der Waals surface area contributed by atoms with Gasteiger partial charge >= 0.3 is 0 Å². The van der Waals surface area contributed by atoms with Gasteiger partial charge < -0.3 is 15.1 Å². The average molecular weight is 380 g/mol. The molecule has 1 N–H and O–H groups in total. The number of carbonyl (C=O) groups is 1. The Morgan fingerprint density at radius 1 is 1.04 bits per heavy atom. The zero-order valence-electron chi connectivity index (χ0n) is 14.8. The smallest absolute Gasteiger partial charge is 0.228 e. The molecule has 1 saturated carbocycles. The van der Waals surface area contributed by atoms with E-state index in [9.17, 15) is 4.79 Å². The number of amides is 1. The Hall–Kier alpha value is -2.74. The molecule has 138 valence electrons. The van der Waals surface area contributed by atoms with E-state index in [1.165, 1.54) is 0 Å². The standard InChI is InChI=1S/C19H20N6OS/c26-19(13-1-2-13)23-16-4-3-14(11-20-16)24-6-8-25(9-7-24)18-17-15(5-10-27-17)21-12-22-18/h3-5,10-13H,1-2,6-9H2,(H,20,23,26). The quantitative estimate of drug-likeness (QED) is 0.750. The number of anilines is 3. The lowest BCUT2D eigenvalue weighted by Gasteiger charge is -2.36. The van der Waals surface area contributed by atoms with E-state index in [4.69, 9.17) is 0 Å². The fourth-order valence-electron chi connectivity index (χ4n) is 3.40. The van der Waals surface area contributed by atoms with Crippen LogP contribution in [0.4, 0.5) is 17.3 Å². The first-order valence-corrected chi connectivity index (χ1v) is 10.1. The van der Waals surface area contributed by atoms with Crippen molar-refractivity contribution in [2.45, 2.75) is 12.8 Å². The van der Waals surface area contributed by atoms with Crippen molar-refractivity contribution in [1.82, 2.24) is 15.0 Å². The van der Waals surface area contributed by atoms with Crippen molar-refractivity contribution in [3.05, 3.63) is 36.1 Å². The summed E-state index contributed by atoms with van der Waals surface area (Å²) in [5.74, 6) is 1.95. The van der Waals surface area contributed by atoms with Crippen LogP contribution in [0.25, 0.3) is 10.2 Å². The molecule has 7 nitrogen and oxygen atoms in total. The van der Waals surface area contributed by atoms with Crippen LogP contribution >= 0.6 is 11.3 Å². The third kappa shape index (κ3) is 3.32. The average Bonchev–Trinajstić information content (AvgIpc) is 3.46. The summed E-state index contributed by atoms with van der Waals surface area (Å²) >= 11 is 1.69. The van der Waals surface area contributed by atoms with E-state index >= 15 is 0 Å². The number of hydrogen-bond acceptors (Lipinski definition) is 7. The predicted octanol–water partition coefficient (Wildman–Crippen LogP) is 2.76. The van der Waals surface area contributed by atoms with Crippen molar-refractivity contribution >= 4 is 44.8 Å². The van der Waals surface area contributed by atoms with Crippen LogP contribution in [0, 0.1) is 5.92 Å². The van der Waals surface area contributed by atoms with Crippen LogP contribution in [0.1, 0.15) is 12.8 Å². The Bertz CT molecular complexity index is 960. The minimum Gasteiger partial charge on any atom is -0.367 e. The highest BCUT2D eigenvalue weighted by atomic mass is 32.1. The minimum absolute atomic E-state index is 0.0913. The topological polar surface area (TPSA) is 74.2 Å². The summed E-state index contributed by atoms with van der Waals surface area (Å²) in [6.45, 7) is 3.63. The highest BCUT2D eigenvalue weighted by Gasteiger charge is 2.29. The van der Waals surface area contributed by atoms with Gasteiger partial charge in [0.05, 0.1) is 22.1 Å². The summed E-state index contributed by atoms with van der Waals surface area (Å²) in [5.41, 5.74) is 2.10. The van der Waals surface area contributed by atoms with Gasteiger partial charge in [-0.15, -0.1) is 11.3 Å². The normalized spacial score (nSPS) is 17.3. The van der Waals surface area contributed by atoms with Crippen molar-refractivity contribution < 1.29 is 4.79 Å². The lowest BCUT2D eigenvalue weighted by atomic mass is 10.2. The molecule has 3 aromatic rings. The number of nitrogens with one attached hydrogen (secondary N) is 1. The summed E-state index contributed by atoms with van der Waals surface area (Å²) in [7, 11) is 0. The monoisotopic (exact) mass is 380 g/mol. The lowest BCUT2D eigenvalue weighted by Crippen LogP contribution is -2.46. The molecule has 2 aliphatic rings. The number of rotatable bonds is 4. The molecule has 0 unspecified atom stereocenters. The molecule has 0 radical (unpaired) electrons.